The lowest BCUT2D eigenvalue weighted by molar-refractivity contribution is -0.141. The lowest BCUT2D eigenvalue weighted by Crippen LogP contribution is -2.21. The molecule has 2 heterocycles. The quantitative estimate of drug-likeness (QED) is 0.170. The van der Waals surface area contributed by atoms with Gasteiger partial charge in [-0.3, -0.25) is 5.32 Å². The molecular weight excluding hydrogens is 581 g/mol. The fraction of sp³-hybridized carbons (Fsp3) is 0.200. The summed E-state index contributed by atoms with van der Waals surface area (Å²) in [5.74, 6) is 1.30. The molecule has 2 aromatic heterocycles. The van der Waals surface area contributed by atoms with Gasteiger partial charge in [-0.05, 0) is 37.3 Å². The van der Waals surface area contributed by atoms with Crippen LogP contribution in [0.3, 0.4) is 0 Å². The number of carbonyl (C=O) groups is 1. The van der Waals surface area contributed by atoms with Gasteiger partial charge in [0.2, 0.25) is 5.88 Å². The second-order valence-electron chi connectivity index (χ2n) is 9.41. The summed E-state index contributed by atoms with van der Waals surface area (Å²) in [6.45, 7) is 2.56. The van der Waals surface area contributed by atoms with Crippen LogP contribution >= 0.6 is 0 Å². The Morgan fingerprint density at radius 2 is 1.73 bits per heavy atom. The van der Waals surface area contributed by atoms with Crippen LogP contribution in [0.2, 0.25) is 0 Å². The molecule has 0 aliphatic heterocycles. The molecular formula is C30H27F3N6O5. The maximum absolute atomic E-state index is 13.4. The highest BCUT2D eigenvalue weighted by Gasteiger charge is 2.35. The normalized spacial score (nSPS) is 11.3. The first-order valence-electron chi connectivity index (χ1n) is 13.2. The number of amides is 2. The Hall–Kier alpha value is -5.37. The van der Waals surface area contributed by atoms with E-state index >= 15 is 0 Å². The van der Waals surface area contributed by atoms with E-state index in [0.717, 1.165) is 16.3 Å². The summed E-state index contributed by atoms with van der Waals surface area (Å²) in [4.78, 5) is 21.4. The summed E-state index contributed by atoms with van der Waals surface area (Å²) in [5, 5.41) is 9.26. The molecule has 3 aromatic carbocycles. The van der Waals surface area contributed by atoms with Crippen LogP contribution in [0.5, 0.6) is 23.1 Å². The van der Waals surface area contributed by atoms with Gasteiger partial charge in [-0.1, -0.05) is 23.8 Å². The van der Waals surface area contributed by atoms with Gasteiger partial charge >= 0.3 is 12.2 Å². The van der Waals surface area contributed by atoms with Gasteiger partial charge < -0.3 is 24.3 Å². The number of fused-ring (bicyclic) bond motifs is 1. The third-order valence-corrected chi connectivity index (χ3v) is 6.26. The number of rotatable bonds is 10. The summed E-state index contributed by atoms with van der Waals surface area (Å²) >= 11 is 0. The predicted molar refractivity (Wildman–Crippen MR) is 156 cm³/mol. The third-order valence-electron chi connectivity index (χ3n) is 6.26. The average Bonchev–Trinajstić information content (AvgIpc) is 3.42. The third kappa shape index (κ3) is 6.98. The number of aryl methyl sites for hydroxylation is 1. The maximum Gasteiger partial charge on any atom is 0.435 e. The molecule has 2 amide bonds. The van der Waals surface area contributed by atoms with Gasteiger partial charge in [-0.2, -0.15) is 18.3 Å². The molecule has 0 saturated carbocycles. The van der Waals surface area contributed by atoms with Crippen LogP contribution in [-0.4, -0.2) is 53.2 Å². The highest BCUT2D eigenvalue weighted by molar-refractivity contribution is 5.99. The van der Waals surface area contributed by atoms with Crippen molar-refractivity contribution in [1.29, 1.82) is 0 Å². The van der Waals surface area contributed by atoms with E-state index in [-0.39, 0.29) is 11.7 Å². The van der Waals surface area contributed by atoms with E-state index in [1.807, 2.05) is 6.92 Å². The summed E-state index contributed by atoms with van der Waals surface area (Å²) in [5.41, 5.74) is 0.963. The van der Waals surface area contributed by atoms with Crippen LogP contribution in [-0.2, 0) is 10.9 Å². The van der Waals surface area contributed by atoms with Gasteiger partial charge in [0.15, 0.2) is 17.2 Å². The van der Waals surface area contributed by atoms with Crippen molar-refractivity contribution >= 4 is 28.4 Å². The van der Waals surface area contributed by atoms with Gasteiger partial charge in [0.1, 0.15) is 24.5 Å². The number of methoxy groups -OCH3 is 2. The van der Waals surface area contributed by atoms with Gasteiger partial charge in [0, 0.05) is 31.0 Å². The van der Waals surface area contributed by atoms with Gasteiger partial charge in [0.25, 0.3) is 0 Å². The topological polar surface area (TPSA) is 122 Å². The molecule has 0 radical (unpaired) electrons. The van der Waals surface area contributed by atoms with E-state index in [1.54, 1.807) is 61.7 Å². The Bertz CT molecular complexity index is 1780. The number of urea groups is 1. The number of nitrogens with zero attached hydrogens (tertiary/aromatic N) is 4. The Balaban J connectivity index is 1.34. The molecule has 11 nitrogen and oxygen atoms in total. The van der Waals surface area contributed by atoms with Crippen molar-refractivity contribution in [2.24, 2.45) is 0 Å². The minimum Gasteiger partial charge on any atom is -0.493 e. The summed E-state index contributed by atoms with van der Waals surface area (Å²) in [6, 6.07) is 16.4. The Morgan fingerprint density at radius 3 is 2.45 bits per heavy atom. The highest BCUT2D eigenvalue weighted by atomic mass is 19.4. The molecule has 2 N–H and O–H groups in total. The fourth-order valence-corrected chi connectivity index (χ4v) is 4.15. The van der Waals surface area contributed by atoms with Gasteiger partial charge in [-0.25, -0.2) is 19.4 Å². The number of benzene rings is 3. The van der Waals surface area contributed by atoms with Crippen molar-refractivity contribution in [2.45, 2.75) is 13.1 Å². The number of halogens is 3. The SMILES string of the molecule is COCCOc1cc2ncnc(Oc3cccc(NC(=O)Nc4cc(C(F)(F)F)nn4-c4ccc(C)cc4)c3)c2cc1OC. The molecule has 0 spiro atoms. The van der Waals surface area contributed by atoms with Crippen molar-refractivity contribution < 1.29 is 36.9 Å². The fourth-order valence-electron chi connectivity index (χ4n) is 4.15. The van der Waals surface area contributed by atoms with Crippen molar-refractivity contribution in [1.82, 2.24) is 19.7 Å². The minimum absolute atomic E-state index is 0.168. The summed E-state index contributed by atoms with van der Waals surface area (Å²) < 4.78 is 63.6. The zero-order valence-corrected chi connectivity index (χ0v) is 23.8. The van der Waals surface area contributed by atoms with Crippen LogP contribution in [0.15, 0.2) is 73.1 Å². The molecule has 0 unspecified atom stereocenters. The molecule has 0 aliphatic carbocycles. The maximum atomic E-state index is 13.4. The first-order chi connectivity index (χ1) is 21.1. The van der Waals surface area contributed by atoms with Crippen LogP contribution in [0.1, 0.15) is 11.3 Å². The van der Waals surface area contributed by atoms with Crippen LogP contribution in [0.4, 0.5) is 29.5 Å². The Kier molecular flexibility index (Phi) is 8.81. The van der Waals surface area contributed by atoms with Crippen molar-refractivity contribution in [3.05, 3.63) is 84.3 Å². The first kappa shape index (κ1) is 30.1. The van der Waals surface area contributed by atoms with Gasteiger partial charge in [0.05, 0.1) is 30.3 Å². The number of nitrogens with one attached hydrogen (secondary N) is 2. The van der Waals surface area contributed by atoms with Crippen molar-refractivity contribution in [2.75, 3.05) is 38.1 Å². The Labute approximate surface area is 249 Å². The summed E-state index contributed by atoms with van der Waals surface area (Å²) in [7, 11) is 3.08. The zero-order chi connectivity index (χ0) is 31.3. The van der Waals surface area contributed by atoms with Crippen molar-refractivity contribution in [3.8, 4) is 28.8 Å². The summed E-state index contributed by atoms with van der Waals surface area (Å²) in [6.07, 6.45) is -3.37. The van der Waals surface area contributed by atoms with Crippen molar-refractivity contribution in [3.63, 3.8) is 0 Å². The van der Waals surface area contributed by atoms with E-state index in [9.17, 15) is 18.0 Å². The second kappa shape index (κ2) is 12.9. The molecule has 5 aromatic rings. The minimum atomic E-state index is -4.71. The zero-order valence-electron chi connectivity index (χ0n) is 23.8. The van der Waals surface area contributed by atoms with E-state index in [0.29, 0.717) is 52.7 Å². The number of carbonyl (C=O) groups excluding carboxylic acids is 1. The smallest absolute Gasteiger partial charge is 0.435 e. The number of hydrogen-bond acceptors (Lipinski definition) is 8. The van der Waals surface area contributed by atoms with Gasteiger partial charge in [-0.15, -0.1) is 0 Å². The van der Waals surface area contributed by atoms with E-state index in [1.165, 1.54) is 19.5 Å². The first-order valence-corrected chi connectivity index (χ1v) is 13.2. The second-order valence-corrected chi connectivity index (χ2v) is 9.41. The molecule has 0 atom stereocenters. The molecule has 0 bridgehead atoms. The number of hydrogen-bond donors (Lipinski definition) is 2. The van der Waals surface area contributed by atoms with Crippen LogP contribution in [0, 0.1) is 6.92 Å². The molecule has 44 heavy (non-hydrogen) atoms. The molecule has 14 heteroatoms. The molecule has 0 saturated heterocycles. The molecule has 0 aliphatic rings. The van der Waals surface area contributed by atoms with E-state index in [2.05, 4.69) is 25.7 Å². The number of alkyl halides is 3. The number of aromatic nitrogens is 4. The number of anilines is 2. The van der Waals surface area contributed by atoms with Crippen LogP contribution < -0.4 is 24.8 Å². The molecule has 228 valence electrons. The standard InChI is InChI=1S/C30H27F3N6O5/c1-18-7-9-20(10-8-18)39-27(16-26(38-39)30(31,32)33)37-29(40)36-19-5-4-6-21(13-19)44-28-22-14-24(42-3)25(43-12-11-41-2)15-23(22)34-17-35-28/h4-10,13-17H,11-12H2,1-3H3,(H2,36,37,40). The highest BCUT2D eigenvalue weighted by Crippen LogP contribution is 2.36. The van der Waals surface area contributed by atoms with Crippen LogP contribution in [0.25, 0.3) is 16.6 Å². The lowest BCUT2D eigenvalue weighted by atomic mass is 10.2. The number of ether oxygens (including phenoxy) is 4. The largest absolute Gasteiger partial charge is 0.493 e. The van der Waals surface area contributed by atoms with E-state index in [4.69, 9.17) is 18.9 Å². The average molecular weight is 609 g/mol. The lowest BCUT2D eigenvalue weighted by Gasteiger charge is -2.14. The molecule has 0 fully saturated rings. The van der Waals surface area contributed by atoms with E-state index < -0.39 is 17.9 Å². The Morgan fingerprint density at radius 1 is 0.932 bits per heavy atom. The predicted octanol–water partition coefficient (Wildman–Crippen LogP) is 6.61. The monoisotopic (exact) mass is 608 g/mol. The molecule has 5 rings (SSSR count).